The zero-order chi connectivity index (χ0) is 20.9. The van der Waals surface area contributed by atoms with Crippen LogP contribution in [0.1, 0.15) is 75.9 Å². The van der Waals surface area contributed by atoms with E-state index in [1.54, 1.807) is 13.3 Å². The minimum Gasteiger partial charge on any atom is -0.383 e. The molecule has 2 aromatic heterocycles. The molecule has 1 aliphatic heterocycles. The highest BCUT2D eigenvalue weighted by Gasteiger charge is 2.32. The van der Waals surface area contributed by atoms with E-state index < -0.39 is 0 Å². The maximum atomic E-state index is 13.2. The third-order valence-corrected chi connectivity index (χ3v) is 6.02. The average molecular weight is 415 g/mol. The molecule has 0 unspecified atom stereocenters. The van der Waals surface area contributed by atoms with E-state index in [1.807, 2.05) is 4.90 Å². The Morgan fingerprint density at radius 3 is 3.03 bits per heavy atom. The van der Waals surface area contributed by atoms with Crippen LogP contribution < -0.4 is 5.32 Å². The number of H-pyrrole nitrogens is 1. The van der Waals surface area contributed by atoms with Crippen LogP contribution in [0.2, 0.25) is 0 Å². The van der Waals surface area contributed by atoms with Crippen LogP contribution in [-0.2, 0) is 17.6 Å². The highest BCUT2D eigenvalue weighted by atomic mass is 16.5. The van der Waals surface area contributed by atoms with Crippen molar-refractivity contribution in [2.24, 2.45) is 0 Å². The van der Waals surface area contributed by atoms with Gasteiger partial charge in [-0.25, -0.2) is 0 Å². The highest BCUT2D eigenvalue weighted by Crippen LogP contribution is 2.30. The first-order chi connectivity index (χ1) is 14.7. The molecule has 3 heterocycles. The molecule has 0 radical (unpaired) electrons. The van der Waals surface area contributed by atoms with Crippen LogP contribution in [0.5, 0.6) is 0 Å². The molecular formula is C21H29N5O4. The van der Waals surface area contributed by atoms with Gasteiger partial charge in [-0.1, -0.05) is 11.6 Å². The fourth-order valence-electron chi connectivity index (χ4n) is 4.43. The Hall–Kier alpha value is -2.68. The number of rotatable bonds is 6. The number of hydrogen-bond donors (Lipinski definition) is 2. The summed E-state index contributed by atoms with van der Waals surface area (Å²) in [6.07, 6.45) is 8.30. The van der Waals surface area contributed by atoms with Crippen LogP contribution >= 0.6 is 0 Å². The van der Waals surface area contributed by atoms with Crippen molar-refractivity contribution in [3.8, 4) is 0 Å². The lowest BCUT2D eigenvalue weighted by Crippen LogP contribution is -2.40. The second kappa shape index (κ2) is 9.42. The molecule has 4 rings (SSSR count). The molecule has 0 bridgehead atoms. The Morgan fingerprint density at radius 1 is 1.30 bits per heavy atom. The fourth-order valence-corrected chi connectivity index (χ4v) is 4.43. The number of fused-ring (bicyclic) bond motifs is 1. The van der Waals surface area contributed by atoms with Gasteiger partial charge in [0.25, 0.3) is 11.8 Å². The summed E-state index contributed by atoms with van der Waals surface area (Å²) in [5.41, 5.74) is 2.76. The van der Waals surface area contributed by atoms with Crippen LogP contribution in [0, 0.1) is 0 Å². The van der Waals surface area contributed by atoms with Gasteiger partial charge in [-0.15, -0.1) is 0 Å². The van der Waals surface area contributed by atoms with Gasteiger partial charge in [0.15, 0.2) is 5.69 Å². The third kappa shape index (κ3) is 4.26. The molecule has 9 heteroatoms. The lowest BCUT2D eigenvalue weighted by molar-refractivity contribution is 0.0694. The Bertz CT molecular complexity index is 890. The zero-order valence-corrected chi connectivity index (χ0v) is 17.4. The monoisotopic (exact) mass is 415 g/mol. The van der Waals surface area contributed by atoms with Gasteiger partial charge in [-0.3, -0.25) is 14.7 Å². The number of likely N-dealkylation sites (tertiary alicyclic amines) is 1. The molecule has 1 atom stereocenters. The number of amides is 2. The molecule has 1 aliphatic carbocycles. The van der Waals surface area contributed by atoms with Gasteiger partial charge < -0.3 is 19.5 Å². The van der Waals surface area contributed by atoms with Crippen LogP contribution in [-0.4, -0.2) is 65.4 Å². The second-order valence-corrected chi connectivity index (χ2v) is 8.03. The van der Waals surface area contributed by atoms with Crippen LogP contribution in [0.15, 0.2) is 10.7 Å². The van der Waals surface area contributed by atoms with Crippen LogP contribution in [0.3, 0.4) is 0 Å². The summed E-state index contributed by atoms with van der Waals surface area (Å²) in [4.78, 5) is 27.6. The smallest absolute Gasteiger partial charge is 0.276 e. The highest BCUT2D eigenvalue weighted by molar-refractivity contribution is 5.95. The Balaban J connectivity index is 1.47. The van der Waals surface area contributed by atoms with E-state index >= 15 is 0 Å². The molecule has 0 spiro atoms. The number of aromatic nitrogens is 3. The van der Waals surface area contributed by atoms with Crippen LogP contribution in [0.25, 0.3) is 0 Å². The minimum atomic E-state index is -0.180. The number of aryl methyl sites for hydroxylation is 1. The number of carbonyl (C=O) groups excluding carboxylic acids is 2. The van der Waals surface area contributed by atoms with Crippen molar-refractivity contribution in [2.75, 3.05) is 33.4 Å². The molecule has 2 aliphatic rings. The summed E-state index contributed by atoms with van der Waals surface area (Å²) >= 11 is 0. The van der Waals surface area contributed by atoms with E-state index in [2.05, 4.69) is 20.7 Å². The Morgan fingerprint density at radius 2 is 2.17 bits per heavy atom. The van der Waals surface area contributed by atoms with Crippen molar-refractivity contribution in [3.63, 3.8) is 0 Å². The van der Waals surface area contributed by atoms with E-state index in [9.17, 15) is 9.59 Å². The number of carbonyl (C=O) groups is 2. The number of piperidine rings is 1. The van der Waals surface area contributed by atoms with Crippen molar-refractivity contribution < 1.29 is 18.8 Å². The molecule has 0 saturated carbocycles. The van der Waals surface area contributed by atoms with Gasteiger partial charge in [-0.2, -0.15) is 5.10 Å². The van der Waals surface area contributed by atoms with Crippen molar-refractivity contribution in [3.05, 3.63) is 34.5 Å². The molecule has 1 saturated heterocycles. The number of aromatic amines is 1. The van der Waals surface area contributed by atoms with Gasteiger partial charge in [-0.05, 0) is 32.1 Å². The number of nitrogens with zero attached hydrogens (tertiary/aromatic N) is 3. The first kappa shape index (κ1) is 20.6. The summed E-state index contributed by atoms with van der Waals surface area (Å²) in [7, 11) is 1.59. The van der Waals surface area contributed by atoms with Gasteiger partial charge in [0.1, 0.15) is 5.76 Å². The molecule has 2 aromatic rings. The molecule has 0 aromatic carbocycles. The maximum Gasteiger partial charge on any atom is 0.276 e. The zero-order valence-electron chi connectivity index (χ0n) is 17.4. The summed E-state index contributed by atoms with van der Waals surface area (Å²) < 4.78 is 10.5. The lowest BCUT2D eigenvalue weighted by Gasteiger charge is -2.32. The van der Waals surface area contributed by atoms with Gasteiger partial charge in [0.2, 0.25) is 0 Å². The molecule has 2 amide bonds. The molecule has 162 valence electrons. The Labute approximate surface area is 175 Å². The SMILES string of the molecule is COCCNC(=O)c1cn[nH]c1[C@@H]1CCCN(C(=O)c2noc3c2CCCCC3)C1. The van der Waals surface area contributed by atoms with E-state index in [4.69, 9.17) is 9.26 Å². The van der Waals surface area contributed by atoms with Gasteiger partial charge in [0, 0.05) is 44.6 Å². The van der Waals surface area contributed by atoms with Crippen molar-refractivity contribution >= 4 is 11.8 Å². The lowest BCUT2D eigenvalue weighted by atomic mass is 9.92. The van der Waals surface area contributed by atoms with Crippen molar-refractivity contribution in [2.45, 2.75) is 50.9 Å². The predicted octanol–water partition coefficient (Wildman–Crippen LogP) is 2.06. The second-order valence-electron chi connectivity index (χ2n) is 8.03. The largest absolute Gasteiger partial charge is 0.383 e. The van der Waals surface area contributed by atoms with E-state index in [-0.39, 0.29) is 17.7 Å². The van der Waals surface area contributed by atoms with E-state index in [0.29, 0.717) is 37.5 Å². The van der Waals surface area contributed by atoms with Crippen molar-refractivity contribution in [1.82, 2.24) is 25.6 Å². The van der Waals surface area contributed by atoms with E-state index in [0.717, 1.165) is 62.0 Å². The fraction of sp³-hybridized carbons (Fsp3) is 0.619. The minimum absolute atomic E-state index is 0.0267. The maximum absolute atomic E-state index is 13.2. The quantitative estimate of drug-likeness (QED) is 0.552. The number of nitrogens with one attached hydrogen (secondary N) is 2. The predicted molar refractivity (Wildman–Crippen MR) is 108 cm³/mol. The summed E-state index contributed by atoms with van der Waals surface area (Å²) in [5.74, 6) is 0.644. The first-order valence-corrected chi connectivity index (χ1v) is 10.8. The van der Waals surface area contributed by atoms with Gasteiger partial charge in [0.05, 0.1) is 24.1 Å². The summed E-state index contributed by atoms with van der Waals surface area (Å²) in [6, 6.07) is 0. The van der Waals surface area contributed by atoms with Crippen molar-refractivity contribution in [1.29, 1.82) is 0 Å². The number of ether oxygens (including phenoxy) is 1. The average Bonchev–Trinajstić information content (AvgIpc) is 3.35. The molecule has 1 fully saturated rings. The topological polar surface area (TPSA) is 113 Å². The molecule has 30 heavy (non-hydrogen) atoms. The standard InChI is InChI=1S/C21H29N5O4/c1-29-11-9-22-20(27)16-12-23-24-18(16)14-6-5-10-26(13-14)21(28)19-15-7-3-2-4-8-17(15)30-25-19/h12,14H,2-11,13H2,1H3,(H,22,27)(H,23,24)/t14-/m1/s1. The number of methoxy groups -OCH3 is 1. The first-order valence-electron chi connectivity index (χ1n) is 10.8. The Kier molecular flexibility index (Phi) is 6.47. The molecule has 2 N–H and O–H groups in total. The summed E-state index contributed by atoms with van der Waals surface area (Å²) in [6.45, 7) is 2.10. The third-order valence-electron chi connectivity index (χ3n) is 6.02. The number of hydrogen-bond acceptors (Lipinski definition) is 6. The molecule has 9 nitrogen and oxygen atoms in total. The normalized spacial score (nSPS) is 19.2. The van der Waals surface area contributed by atoms with Crippen LogP contribution in [0.4, 0.5) is 0 Å². The van der Waals surface area contributed by atoms with E-state index in [1.165, 1.54) is 0 Å². The summed E-state index contributed by atoms with van der Waals surface area (Å²) in [5, 5.41) is 14.0. The molecular weight excluding hydrogens is 386 g/mol. The van der Waals surface area contributed by atoms with Gasteiger partial charge >= 0.3 is 0 Å².